The van der Waals surface area contributed by atoms with E-state index >= 15 is 0 Å². The lowest BCUT2D eigenvalue weighted by Crippen LogP contribution is -2.13. The molecule has 0 radical (unpaired) electrons. The zero-order valence-corrected chi connectivity index (χ0v) is 16.9. The number of carbonyl (C=O) groups excluding carboxylic acids is 2. The van der Waals surface area contributed by atoms with Crippen LogP contribution in [0.2, 0.25) is 0 Å². The molecule has 0 aliphatic heterocycles. The highest BCUT2D eigenvalue weighted by Crippen LogP contribution is 1.99. The minimum atomic E-state index is 0. The van der Waals surface area contributed by atoms with E-state index in [1.165, 1.54) is 12.6 Å². The summed E-state index contributed by atoms with van der Waals surface area (Å²) in [6.45, 7) is 10.1. The number of hydrogen-bond donors (Lipinski definition) is 1. The maximum absolute atomic E-state index is 9.66. The summed E-state index contributed by atoms with van der Waals surface area (Å²) < 4.78 is 2.01. The Hall–Kier alpha value is -2.07. The van der Waals surface area contributed by atoms with E-state index in [0.29, 0.717) is 6.41 Å². The number of alkyl halides is 1. The van der Waals surface area contributed by atoms with Crippen LogP contribution in [0.4, 0.5) is 0 Å². The highest BCUT2D eigenvalue weighted by molar-refractivity contribution is 6.17. The molecule has 0 bridgehead atoms. The van der Waals surface area contributed by atoms with Crippen LogP contribution in [0.1, 0.15) is 39.6 Å². The number of hydrogen-bond acceptors (Lipinski definition) is 4. The molecule has 1 aromatic rings. The predicted octanol–water partition coefficient (Wildman–Crippen LogP) is 2.90. The molecule has 148 valence electrons. The average Bonchev–Trinajstić information content (AvgIpc) is 2.87. The molecule has 0 aliphatic carbocycles. The summed E-state index contributed by atoms with van der Waals surface area (Å²) >= 11 is 5.00. The van der Waals surface area contributed by atoms with E-state index in [1.807, 2.05) is 38.7 Å². The van der Waals surface area contributed by atoms with Crippen LogP contribution in [0.5, 0.6) is 0 Å². The van der Waals surface area contributed by atoms with Crippen LogP contribution in [-0.4, -0.2) is 53.8 Å². The summed E-state index contributed by atoms with van der Waals surface area (Å²) in [7, 11) is 5.30. The van der Waals surface area contributed by atoms with Gasteiger partial charge in [-0.15, -0.1) is 11.6 Å². The van der Waals surface area contributed by atoms with E-state index < -0.39 is 0 Å². The van der Waals surface area contributed by atoms with E-state index in [4.69, 9.17) is 21.7 Å². The van der Waals surface area contributed by atoms with Crippen molar-refractivity contribution in [1.82, 2.24) is 19.8 Å². The largest absolute Gasteiger partial charge is 0.362 e. The third-order valence-corrected chi connectivity index (χ3v) is 2.27. The van der Waals surface area contributed by atoms with Gasteiger partial charge in [-0.05, 0) is 20.8 Å². The quantitative estimate of drug-likeness (QED) is 0.647. The molecule has 7 nitrogen and oxygen atoms in total. The van der Waals surface area contributed by atoms with E-state index in [2.05, 4.69) is 17.2 Å². The summed E-state index contributed by atoms with van der Waals surface area (Å²) in [5.41, 5.74) is 2.36. The summed E-state index contributed by atoms with van der Waals surface area (Å²) in [6, 6.07) is 1.75. The van der Waals surface area contributed by atoms with Gasteiger partial charge in [-0.3, -0.25) is 9.59 Å². The fourth-order valence-electron chi connectivity index (χ4n) is 0.683. The molecular formula is C17H36ClN5O2. The Balaban J connectivity index is -0.0000000706. The van der Waals surface area contributed by atoms with Gasteiger partial charge in [0.05, 0.1) is 18.1 Å². The molecule has 0 aliphatic rings. The van der Waals surface area contributed by atoms with Crippen LogP contribution in [0.25, 0.3) is 0 Å². The molecule has 25 heavy (non-hydrogen) atoms. The summed E-state index contributed by atoms with van der Waals surface area (Å²) in [5.74, 6) is 0.722. The number of aryl methyl sites for hydroxylation is 2. The lowest BCUT2D eigenvalue weighted by atomic mass is 10.4. The average molecular weight is 378 g/mol. The van der Waals surface area contributed by atoms with Gasteiger partial charge in [0, 0.05) is 46.2 Å². The third-order valence-electron chi connectivity index (χ3n) is 2.27. The van der Waals surface area contributed by atoms with Gasteiger partial charge in [-0.2, -0.15) is 5.26 Å². The Morgan fingerprint density at radius 1 is 1.40 bits per heavy atom. The van der Waals surface area contributed by atoms with Gasteiger partial charge in [-0.25, -0.2) is 4.98 Å². The smallest absolute Gasteiger partial charge is 0.209 e. The fourth-order valence-corrected chi connectivity index (χ4v) is 0.683. The molecular weight excluding hydrogens is 342 g/mol. The Bertz CT molecular complexity index is 412. The molecule has 1 rings (SSSR count). The van der Waals surface area contributed by atoms with Gasteiger partial charge in [0.25, 0.3) is 0 Å². The van der Waals surface area contributed by atoms with Gasteiger partial charge < -0.3 is 14.8 Å². The molecule has 0 saturated heterocycles. The van der Waals surface area contributed by atoms with Crippen LogP contribution in [0, 0.1) is 25.2 Å². The van der Waals surface area contributed by atoms with Crippen molar-refractivity contribution >= 4 is 24.4 Å². The Morgan fingerprint density at radius 3 is 1.80 bits per heavy atom. The number of nitriles is 1. The topological polar surface area (TPSA) is 91.0 Å². The summed E-state index contributed by atoms with van der Waals surface area (Å²) in [5, 5.41) is 9.57. The standard InChI is InChI=1S/C6H10N2.C4H9NO.C2H5Cl.C2H5NO.C2H3N.CH4/c1-5-6(2)8(3)4-7-5;1-3-5(2)4-6;1-2-3;1-3-2-4;1-2-3;/h4H,1-3H3;4H,3H2,1-2H3;2H2,1H3;2H,1H3,(H,3,4);1H3;1H4. The Kier molecular flexibility index (Phi) is 41.0. The number of amides is 2. The second-order valence-corrected chi connectivity index (χ2v) is 4.64. The van der Waals surface area contributed by atoms with Crippen molar-refractivity contribution in [1.29, 1.82) is 5.26 Å². The van der Waals surface area contributed by atoms with Crippen molar-refractivity contribution in [2.75, 3.05) is 26.5 Å². The SMILES string of the molecule is C.CC#N.CCCl.CCN(C)C=O.CNC=O.Cc1ncn(C)c1C. The van der Waals surface area contributed by atoms with Gasteiger partial charge in [0.1, 0.15) is 0 Å². The number of aromatic nitrogens is 2. The van der Waals surface area contributed by atoms with Crippen molar-refractivity contribution in [3.8, 4) is 6.07 Å². The highest BCUT2D eigenvalue weighted by Gasteiger charge is 1.93. The van der Waals surface area contributed by atoms with Gasteiger partial charge in [0.2, 0.25) is 12.8 Å². The zero-order chi connectivity index (χ0) is 20.0. The van der Waals surface area contributed by atoms with Crippen molar-refractivity contribution in [3.63, 3.8) is 0 Å². The van der Waals surface area contributed by atoms with E-state index in [-0.39, 0.29) is 7.43 Å². The monoisotopic (exact) mass is 377 g/mol. The molecule has 0 atom stereocenters. The molecule has 0 fully saturated rings. The van der Waals surface area contributed by atoms with E-state index in [9.17, 15) is 4.79 Å². The molecule has 8 heteroatoms. The molecule has 1 N–H and O–H groups in total. The second-order valence-electron chi connectivity index (χ2n) is 4.10. The maximum atomic E-state index is 9.66. The molecule has 0 saturated carbocycles. The van der Waals surface area contributed by atoms with Crippen LogP contribution >= 0.6 is 11.6 Å². The molecule has 2 amide bonds. The zero-order valence-electron chi connectivity index (χ0n) is 16.1. The van der Waals surface area contributed by atoms with Crippen molar-refractivity contribution < 1.29 is 9.59 Å². The number of nitrogens with zero attached hydrogens (tertiary/aromatic N) is 4. The molecule has 0 unspecified atom stereocenters. The molecule has 1 heterocycles. The first kappa shape index (κ1) is 34.3. The second kappa shape index (κ2) is 29.9. The minimum Gasteiger partial charge on any atom is -0.362 e. The molecule has 0 spiro atoms. The van der Waals surface area contributed by atoms with E-state index in [1.54, 1.807) is 25.1 Å². The minimum absolute atomic E-state index is 0. The maximum Gasteiger partial charge on any atom is 0.209 e. The number of imidazole rings is 1. The molecule has 1 aromatic heterocycles. The fraction of sp³-hybridized carbons (Fsp3) is 0.647. The first-order chi connectivity index (χ1) is 11.3. The first-order valence-corrected chi connectivity index (χ1v) is 7.88. The lowest BCUT2D eigenvalue weighted by molar-refractivity contribution is -0.116. The van der Waals surface area contributed by atoms with Gasteiger partial charge in [0.15, 0.2) is 0 Å². The molecule has 0 aromatic carbocycles. The predicted molar refractivity (Wildman–Crippen MR) is 107 cm³/mol. The Labute approximate surface area is 159 Å². The number of carbonyl (C=O) groups is 2. The van der Waals surface area contributed by atoms with Crippen molar-refractivity contribution in [3.05, 3.63) is 17.7 Å². The first-order valence-electron chi connectivity index (χ1n) is 7.35. The Morgan fingerprint density at radius 2 is 1.76 bits per heavy atom. The van der Waals surface area contributed by atoms with Crippen LogP contribution in [0.3, 0.4) is 0 Å². The van der Waals surface area contributed by atoms with Gasteiger partial charge in [-0.1, -0.05) is 14.4 Å². The van der Waals surface area contributed by atoms with Crippen molar-refractivity contribution in [2.24, 2.45) is 7.05 Å². The number of halogens is 1. The normalized spacial score (nSPS) is 6.88. The third kappa shape index (κ3) is 34.3. The number of rotatable bonds is 3. The van der Waals surface area contributed by atoms with Crippen LogP contribution in [-0.2, 0) is 16.6 Å². The van der Waals surface area contributed by atoms with Gasteiger partial charge >= 0.3 is 0 Å². The summed E-state index contributed by atoms with van der Waals surface area (Å²) in [6.07, 6.45) is 3.25. The summed E-state index contributed by atoms with van der Waals surface area (Å²) in [4.78, 5) is 24.4. The van der Waals surface area contributed by atoms with Crippen molar-refractivity contribution in [2.45, 2.75) is 42.0 Å². The highest BCUT2D eigenvalue weighted by atomic mass is 35.5. The van der Waals surface area contributed by atoms with E-state index in [0.717, 1.165) is 24.5 Å². The lowest BCUT2D eigenvalue weighted by Gasteiger charge is -2.01. The van der Waals surface area contributed by atoms with Crippen LogP contribution < -0.4 is 5.32 Å². The number of nitrogens with one attached hydrogen (secondary N) is 1. The van der Waals surface area contributed by atoms with Crippen LogP contribution in [0.15, 0.2) is 6.33 Å².